The smallest absolute Gasteiger partial charge is 0.322 e. The molecule has 0 saturated carbocycles. The highest BCUT2D eigenvalue weighted by Gasteiger charge is 2.29. The summed E-state index contributed by atoms with van der Waals surface area (Å²) in [6.07, 6.45) is 0.540. The van der Waals surface area contributed by atoms with Crippen LogP contribution in [0.15, 0.2) is 24.3 Å². The molecule has 1 unspecified atom stereocenters. The van der Waals surface area contributed by atoms with E-state index in [0.717, 1.165) is 5.56 Å². The van der Waals surface area contributed by atoms with Crippen LogP contribution in [0.25, 0.3) is 0 Å². The third kappa shape index (κ3) is 2.15. The molecule has 0 spiro atoms. The highest BCUT2D eigenvalue weighted by atomic mass is 16.2. The number of rotatable bonds is 2. The molecule has 0 bridgehead atoms. The number of urea groups is 1. The Hall–Kier alpha value is -1.84. The Balaban J connectivity index is 2.06. The minimum absolute atomic E-state index is 0.249. The van der Waals surface area contributed by atoms with Gasteiger partial charge in [0.05, 0.1) is 0 Å². The fourth-order valence-electron chi connectivity index (χ4n) is 1.56. The summed E-state index contributed by atoms with van der Waals surface area (Å²) >= 11 is 0. The first-order valence-electron chi connectivity index (χ1n) is 4.82. The van der Waals surface area contributed by atoms with Gasteiger partial charge in [-0.05, 0) is 12.5 Å². The molecule has 1 aromatic carbocycles. The van der Waals surface area contributed by atoms with Crippen molar-refractivity contribution < 1.29 is 9.59 Å². The normalized spacial score (nSPS) is 19.9. The summed E-state index contributed by atoms with van der Waals surface area (Å²) in [6.45, 7) is 2.01. The maximum atomic E-state index is 11.3. The lowest BCUT2D eigenvalue weighted by Gasteiger charge is -2.06. The average molecular weight is 204 g/mol. The van der Waals surface area contributed by atoms with Crippen LogP contribution >= 0.6 is 0 Å². The van der Waals surface area contributed by atoms with Crippen molar-refractivity contribution in [3.05, 3.63) is 35.4 Å². The van der Waals surface area contributed by atoms with Gasteiger partial charge in [-0.15, -0.1) is 0 Å². The van der Waals surface area contributed by atoms with Crippen LogP contribution in [0.2, 0.25) is 0 Å². The Morgan fingerprint density at radius 3 is 2.40 bits per heavy atom. The van der Waals surface area contributed by atoms with E-state index in [-0.39, 0.29) is 5.91 Å². The van der Waals surface area contributed by atoms with E-state index in [0.29, 0.717) is 6.42 Å². The monoisotopic (exact) mass is 204 g/mol. The molecule has 1 aromatic rings. The van der Waals surface area contributed by atoms with Gasteiger partial charge < -0.3 is 5.32 Å². The highest BCUT2D eigenvalue weighted by molar-refractivity contribution is 6.04. The van der Waals surface area contributed by atoms with Crippen LogP contribution in [0.4, 0.5) is 4.79 Å². The van der Waals surface area contributed by atoms with Crippen molar-refractivity contribution in [2.75, 3.05) is 0 Å². The standard InChI is InChI=1S/C11H12N2O2/c1-7-2-4-8(5-3-7)6-9-10(14)13-11(15)12-9/h2-5,9H,6H2,1H3,(H2,12,13,14,15). The first-order valence-corrected chi connectivity index (χ1v) is 4.82. The summed E-state index contributed by atoms with van der Waals surface area (Å²) in [6, 6.07) is 7.08. The Morgan fingerprint density at radius 1 is 1.20 bits per heavy atom. The molecule has 1 atom stereocenters. The van der Waals surface area contributed by atoms with Crippen LogP contribution in [0.1, 0.15) is 11.1 Å². The Bertz CT molecular complexity index is 398. The van der Waals surface area contributed by atoms with Crippen molar-refractivity contribution in [2.24, 2.45) is 0 Å². The molecule has 4 heteroatoms. The van der Waals surface area contributed by atoms with E-state index in [2.05, 4.69) is 10.6 Å². The largest absolute Gasteiger partial charge is 0.326 e. The maximum absolute atomic E-state index is 11.3. The van der Waals surface area contributed by atoms with Gasteiger partial charge in [-0.1, -0.05) is 29.8 Å². The molecule has 15 heavy (non-hydrogen) atoms. The fraction of sp³-hybridized carbons (Fsp3) is 0.273. The van der Waals surface area contributed by atoms with E-state index in [1.54, 1.807) is 0 Å². The predicted molar refractivity (Wildman–Crippen MR) is 55.3 cm³/mol. The Kier molecular flexibility index (Phi) is 2.41. The third-order valence-corrected chi connectivity index (χ3v) is 2.42. The first-order chi connectivity index (χ1) is 7.15. The molecule has 2 N–H and O–H groups in total. The van der Waals surface area contributed by atoms with Crippen LogP contribution in [-0.2, 0) is 11.2 Å². The number of carbonyl (C=O) groups is 2. The van der Waals surface area contributed by atoms with Gasteiger partial charge in [0.2, 0.25) is 0 Å². The minimum Gasteiger partial charge on any atom is -0.326 e. The zero-order valence-electron chi connectivity index (χ0n) is 8.41. The predicted octanol–water partition coefficient (Wildman–Crippen LogP) is 0.746. The Labute approximate surface area is 87.7 Å². The first kappa shape index (κ1) is 9.71. The van der Waals surface area contributed by atoms with Crippen molar-refractivity contribution in [3.8, 4) is 0 Å². The van der Waals surface area contributed by atoms with Gasteiger partial charge in [-0.25, -0.2) is 4.79 Å². The van der Waals surface area contributed by atoms with Crippen LogP contribution in [0.3, 0.4) is 0 Å². The molecular weight excluding hydrogens is 192 g/mol. The summed E-state index contributed by atoms with van der Waals surface area (Å²) in [5, 5.41) is 4.78. The molecule has 4 nitrogen and oxygen atoms in total. The van der Waals surface area contributed by atoms with Crippen LogP contribution in [-0.4, -0.2) is 18.0 Å². The van der Waals surface area contributed by atoms with Crippen molar-refractivity contribution >= 4 is 11.9 Å². The molecular formula is C11H12N2O2. The molecule has 1 aliphatic rings. The summed E-state index contributed by atoms with van der Waals surface area (Å²) in [7, 11) is 0. The van der Waals surface area contributed by atoms with Gasteiger partial charge in [-0.3, -0.25) is 10.1 Å². The quantitative estimate of drug-likeness (QED) is 0.698. The number of aryl methyl sites for hydroxylation is 1. The van der Waals surface area contributed by atoms with Crippen molar-refractivity contribution in [3.63, 3.8) is 0 Å². The van der Waals surface area contributed by atoms with E-state index in [4.69, 9.17) is 0 Å². The van der Waals surface area contributed by atoms with Crippen LogP contribution in [0.5, 0.6) is 0 Å². The number of benzene rings is 1. The lowest BCUT2D eigenvalue weighted by atomic mass is 10.0. The zero-order chi connectivity index (χ0) is 10.8. The number of amides is 3. The number of imide groups is 1. The van der Waals surface area contributed by atoms with E-state index >= 15 is 0 Å². The summed E-state index contributed by atoms with van der Waals surface area (Å²) in [4.78, 5) is 22.1. The van der Waals surface area contributed by atoms with Gasteiger partial charge in [0.1, 0.15) is 6.04 Å². The molecule has 0 aromatic heterocycles. The van der Waals surface area contributed by atoms with Gasteiger partial charge in [0.25, 0.3) is 5.91 Å². The van der Waals surface area contributed by atoms with Crippen molar-refractivity contribution in [2.45, 2.75) is 19.4 Å². The van der Waals surface area contributed by atoms with Gasteiger partial charge in [0.15, 0.2) is 0 Å². The van der Waals surface area contributed by atoms with Crippen molar-refractivity contribution in [1.82, 2.24) is 10.6 Å². The van der Waals surface area contributed by atoms with Gasteiger partial charge >= 0.3 is 6.03 Å². The lowest BCUT2D eigenvalue weighted by molar-refractivity contribution is -0.120. The number of hydrogen-bond acceptors (Lipinski definition) is 2. The van der Waals surface area contributed by atoms with Gasteiger partial charge in [-0.2, -0.15) is 0 Å². The second-order valence-electron chi connectivity index (χ2n) is 3.71. The third-order valence-electron chi connectivity index (χ3n) is 2.42. The molecule has 1 aliphatic heterocycles. The molecule has 0 radical (unpaired) electrons. The molecule has 1 heterocycles. The van der Waals surface area contributed by atoms with E-state index < -0.39 is 12.1 Å². The van der Waals surface area contributed by atoms with E-state index in [1.165, 1.54) is 5.56 Å². The topological polar surface area (TPSA) is 58.2 Å². The number of hydrogen-bond donors (Lipinski definition) is 2. The minimum atomic E-state index is -0.430. The summed E-state index contributed by atoms with van der Waals surface area (Å²) in [5.41, 5.74) is 2.22. The molecule has 78 valence electrons. The van der Waals surface area contributed by atoms with Crippen molar-refractivity contribution in [1.29, 1.82) is 0 Å². The number of nitrogens with one attached hydrogen (secondary N) is 2. The molecule has 2 rings (SSSR count). The zero-order valence-corrected chi connectivity index (χ0v) is 8.41. The second-order valence-corrected chi connectivity index (χ2v) is 3.71. The van der Waals surface area contributed by atoms with E-state index in [9.17, 15) is 9.59 Å². The van der Waals surface area contributed by atoms with Gasteiger partial charge in [0, 0.05) is 6.42 Å². The second kappa shape index (κ2) is 3.73. The highest BCUT2D eigenvalue weighted by Crippen LogP contribution is 2.07. The average Bonchev–Trinajstić information content (AvgIpc) is 2.49. The molecule has 3 amide bonds. The van der Waals surface area contributed by atoms with Crippen LogP contribution < -0.4 is 10.6 Å². The van der Waals surface area contributed by atoms with E-state index in [1.807, 2.05) is 31.2 Å². The maximum Gasteiger partial charge on any atom is 0.322 e. The lowest BCUT2D eigenvalue weighted by Crippen LogP contribution is -2.31. The Morgan fingerprint density at radius 2 is 1.87 bits per heavy atom. The summed E-state index contributed by atoms with van der Waals surface area (Å²) < 4.78 is 0. The number of carbonyl (C=O) groups excluding carboxylic acids is 2. The summed E-state index contributed by atoms with van der Waals surface area (Å²) in [5.74, 6) is -0.249. The fourth-order valence-corrected chi connectivity index (χ4v) is 1.56. The van der Waals surface area contributed by atoms with Crippen LogP contribution in [0, 0.1) is 6.92 Å². The SMILES string of the molecule is Cc1ccc(CC2NC(=O)NC2=O)cc1. The molecule has 1 saturated heterocycles. The molecule has 1 fully saturated rings. The molecule has 0 aliphatic carbocycles.